The van der Waals surface area contributed by atoms with Crippen LogP contribution in [0.5, 0.6) is 0 Å². The van der Waals surface area contributed by atoms with E-state index in [9.17, 15) is 13.2 Å². The number of halogens is 1. The summed E-state index contributed by atoms with van der Waals surface area (Å²) in [5, 5.41) is 2.94. The lowest BCUT2D eigenvalue weighted by Gasteiger charge is -2.27. The van der Waals surface area contributed by atoms with Gasteiger partial charge in [-0.1, -0.05) is 0 Å². The van der Waals surface area contributed by atoms with E-state index >= 15 is 0 Å². The number of rotatable bonds is 4. The van der Waals surface area contributed by atoms with E-state index in [-0.39, 0.29) is 30.1 Å². The SMILES string of the molecule is Cl.NCC(NC(=O)C1=CN2CCS(=O)(=O)N=C2C=C1)C1CC1. The molecule has 2 aliphatic heterocycles. The summed E-state index contributed by atoms with van der Waals surface area (Å²) in [6.07, 6.45) is 7.01. The number of hydrogen-bond acceptors (Lipinski definition) is 5. The Morgan fingerprint density at radius 3 is 2.82 bits per heavy atom. The van der Waals surface area contributed by atoms with Crippen molar-refractivity contribution >= 4 is 34.2 Å². The minimum atomic E-state index is -3.37. The molecular weight excluding hydrogens is 328 g/mol. The Hall–Kier alpha value is -1.38. The average molecular weight is 347 g/mol. The lowest BCUT2D eigenvalue weighted by atomic mass is 10.1. The maximum atomic E-state index is 12.2. The second-order valence-corrected chi connectivity index (χ2v) is 7.25. The summed E-state index contributed by atoms with van der Waals surface area (Å²) in [6, 6.07) is 0.0172. The highest BCUT2D eigenvalue weighted by Crippen LogP contribution is 2.32. The molecule has 1 atom stereocenters. The molecule has 0 aromatic rings. The highest BCUT2D eigenvalue weighted by Gasteiger charge is 2.32. The van der Waals surface area contributed by atoms with E-state index in [1.54, 1.807) is 23.3 Å². The quantitative estimate of drug-likeness (QED) is 0.731. The predicted molar refractivity (Wildman–Crippen MR) is 86.1 cm³/mol. The summed E-state index contributed by atoms with van der Waals surface area (Å²) in [5.41, 5.74) is 6.17. The second-order valence-electron chi connectivity index (χ2n) is 5.50. The summed E-state index contributed by atoms with van der Waals surface area (Å²) in [4.78, 5) is 13.9. The highest BCUT2D eigenvalue weighted by molar-refractivity contribution is 7.90. The van der Waals surface area contributed by atoms with Crippen LogP contribution in [-0.2, 0) is 14.8 Å². The molecule has 0 bridgehead atoms. The number of nitrogens with one attached hydrogen (secondary N) is 1. The van der Waals surface area contributed by atoms with Crippen LogP contribution in [0.15, 0.2) is 28.3 Å². The topological polar surface area (TPSA) is 105 Å². The Kier molecular flexibility index (Phi) is 4.93. The minimum absolute atomic E-state index is 0. The van der Waals surface area contributed by atoms with Crippen LogP contribution in [0.4, 0.5) is 0 Å². The third-order valence-electron chi connectivity index (χ3n) is 3.85. The van der Waals surface area contributed by atoms with E-state index in [4.69, 9.17) is 5.73 Å². The highest BCUT2D eigenvalue weighted by atomic mass is 35.5. The third-order valence-corrected chi connectivity index (χ3v) is 5.01. The number of amidine groups is 1. The normalized spacial score (nSPS) is 23.6. The maximum absolute atomic E-state index is 12.2. The molecule has 22 heavy (non-hydrogen) atoms. The van der Waals surface area contributed by atoms with Gasteiger partial charge in [-0.15, -0.1) is 16.8 Å². The fraction of sp³-hybridized carbons (Fsp3) is 0.538. The van der Waals surface area contributed by atoms with E-state index < -0.39 is 10.0 Å². The second kappa shape index (κ2) is 6.39. The molecule has 3 rings (SSSR count). The van der Waals surface area contributed by atoms with Crippen LogP contribution in [0.1, 0.15) is 12.8 Å². The molecular formula is C13H19ClN4O3S. The Morgan fingerprint density at radius 2 is 2.18 bits per heavy atom. The predicted octanol–water partition coefficient (Wildman–Crippen LogP) is -0.241. The number of nitrogens with two attached hydrogens (primary N) is 1. The van der Waals surface area contributed by atoms with Gasteiger partial charge in [-0.3, -0.25) is 4.79 Å². The van der Waals surface area contributed by atoms with Crippen molar-refractivity contribution in [2.45, 2.75) is 18.9 Å². The van der Waals surface area contributed by atoms with E-state index in [0.29, 0.717) is 30.4 Å². The van der Waals surface area contributed by atoms with Crippen LogP contribution in [0.25, 0.3) is 0 Å². The molecule has 0 radical (unpaired) electrons. The number of hydrogen-bond donors (Lipinski definition) is 2. The molecule has 1 aliphatic carbocycles. The third kappa shape index (κ3) is 3.68. The molecule has 9 heteroatoms. The number of amides is 1. The molecule has 0 saturated heterocycles. The summed E-state index contributed by atoms with van der Waals surface area (Å²) >= 11 is 0. The maximum Gasteiger partial charge on any atom is 0.256 e. The molecule has 122 valence electrons. The molecule has 3 aliphatic rings. The van der Waals surface area contributed by atoms with Gasteiger partial charge in [0.25, 0.3) is 15.9 Å². The van der Waals surface area contributed by atoms with Gasteiger partial charge in [0.15, 0.2) is 0 Å². The van der Waals surface area contributed by atoms with E-state index in [1.165, 1.54) is 0 Å². The molecule has 1 amide bonds. The van der Waals surface area contributed by atoms with Crippen LogP contribution >= 0.6 is 12.4 Å². The van der Waals surface area contributed by atoms with Crippen molar-refractivity contribution in [2.75, 3.05) is 18.8 Å². The van der Waals surface area contributed by atoms with Crippen LogP contribution in [0, 0.1) is 5.92 Å². The van der Waals surface area contributed by atoms with Crippen molar-refractivity contribution in [2.24, 2.45) is 16.0 Å². The minimum Gasteiger partial charge on any atom is -0.348 e. The monoisotopic (exact) mass is 346 g/mol. The van der Waals surface area contributed by atoms with Gasteiger partial charge in [-0.25, -0.2) is 8.42 Å². The number of carbonyl (C=O) groups is 1. The van der Waals surface area contributed by atoms with Gasteiger partial charge in [-0.2, -0.15) is 0 Å². The molecule has 2 heterocycles. The molecule has 0 aromatic carbocycles. The van der Waals surface area contributed by atoms with Crippen molar-refractivity contribution in [3.05, 3.63) is 23.9 Å². The lowest BCUT2D eigenvalue weighted by Crippen LogP contribution is -2.43. The van der Waals surface area contributed by atoms with Crippen LogP contribution in [0.2, 0.25) is 0 Å². The molecule has 1 saturated carbocycles. The number of fused-ring (bicyclic) bond motifs is 1. The molecule has 1 fully saturated rings. The summed E-state index contributed by atoms with van der Waals surface area (Å²) in [7, 11) is -3.37. The van der Waals surface area contributed by atoms with Crippen molar-refractivity contribution in [1.82, 2.24) is 10.2 Å². The zero-order chi connectivity index (χ0) is 15.0. The van der Waals surface area contributed by atoms with Gasteiger partial charge in [0.2, 0.25) is 0 Å². The first-order chi connectivity index (χ1) is 9.98. The summed E-state index contributed by atoms with van der Waals surface area (Å²) < 4.78 is 26.5. The van der Waals surface area contributed by atoms with Gasteiger partial charge >= 0.3 is 0 Å². The van der Waals surface area contributed by atoms with Crippen molar-refractivity contribution in [3.63, 3.8) is 0 Å². The van der Waals surface area contributed by atoms with Crippen LogP contribution < -0.4 is 11.1 Å². The molecule has 7 nitrogen and oxygen atoms in total. The largest absolute Gasteiger partial charge is 0.348 e. The first-order valence-corrected chi connectivity index (χ1v) is 8.59. The summed E-state index contributed by atoms with van der Waals surface area (Å²) in [6.45, 7) is 0.743. The molecule has 1 unspecified atom stereocenters. The Bertz CT molecular complexity index is 652. The zero-order valence-corrected chi connectivity index (χ0v) is 13.6. The number of nitrogens with zero attached hydrogens (tertiary/aromatic N) is 2. The van der Waals surface area contributed by atoms with Crippen molar-refractivity contribution in [1.29, 1.82) is 0 Å². The Labute approximate surface area is 135 Å². The van der Waals surface area contributed by atoms with E-state index in [0.717, 1.165) is 12.8 Å². The Balaban J connectivity index is 0.00000176. The van der Waals surface area contributed by atoms with Gasteiger partial charge in [-0.05, 0) is 30.9 Å². The first-order valence-electron chi connectivity index (χ1n) is 6.98. The number of sulfonamides is 1. The van der Waals surface area contributed by atoms with E-state index in [2.05, 4.69) is 9.71 Å². The van der Waals surface area contributed by atoms with Gasteiger partial charge in [0.1, 0.15) is 5.84 Å². The number of carbonyl (C=O) groups excluding carboxylic acids is 1. The van der Waals surface area contributed by atoms with Crippen LogP contribution in [0.3, 0.4) is 0 Å². The van der Waals surface area contributed by atoms with Gasteiger partial charge in [0, 0.05) is 25.3 Å². The molecule has 0 aromatic heterocycles. The van der Waals surface area contributed by atoms with Gasteiger partial charge < -0.3 is 16.0 Å². The fourth-order valence-corrected chi connectivity index (χ4v) is 3.42. The smallest absolute Gasteiger partial charge is 0.256 e. The van der Waals surface area contributed by atoms with Crippen LogP contribution in [-0.4, -0.2) is 49.9 Å². The standard InChI is InChI=1S/C13H18N4O3S.ClH/c14-7-11(9-1-2-9)15-13(18)10-3-4-12-16-21(19,20)6-5-17(12)8-10;/h3-4,8-9,11H,1-2,5-7,14H2,(H,15,18);1H. The van der Waals surface area contributed by atoms with E-state index in [1.807, 2.05) is 0 Å². The van der Waals surface area contributed by atoms with Crippen molar-refractivity contribution in [3.8, 4) is 0 Å². The Morgan fingerprint density at radius 1 is 1.45 bits per heavy atom. The molecule has 3 N–H and O–H groups in total. The summed E-state index contributed by atoms with van der Waals surface area (Å²) in [5.74, 6) is 0.629. The lowest BCUT2D eigenvalue weighted by molar-refractivity contribution is -0.118. The van der Waals surface area contributed by atoms with Crippen molar-refractivity contribution < 1.29 is 13.2 Å². The fourth-order valence-electron chi connectivity index (χ4n) is 2.45. The zero-order valence-electron chi connectivity index (χ0n) is 11.9. The first kappa shape index (κ1) is 17.0. The van der Waals surface area contributed by atoms with Gasteiger partial charge in [0.05, 0.1) is 11.3 Å². The average Bonchev–Trinajstić information content (AvgIpc) is 3.27. The molecule has 0 spiro atoms.